The van der Waals surface area contributed by atoms with E-state index in [9.17, 15) is 4.79 Å². The van der Waals surface area contributed by atoms with Gasteiger partial charge in [-0.1, -0.05) is 35.1 Å². The minimum atomic E-state index is 0.0102. The average molecular weight is 323 g/mol. The predicted molar refractivity (Wildman–Crippen MR) is 84.6 cm³/mol. The molecule has 1 unspecified atom stereocenters. The molecule has 0 aliphatic carbocycles. The van der Waals surface area contributed by atoms with E-state index >= 15 is 0 Å². The number of amides is 1. The van der Waals surface area contributed by atoms with Crippen LogP contribution in [0.3, 0.4) is 0 Å². The maximum Gasteiger partial charge on any atom is 0.230 e. The van der Waals surface area contributed by atoms with Crippen LogP contribution in [0.4, 0.5) is 5.13 Å². The monoisotopic (exact) mass is 322 g/mol. The van der Waals surface area contributed by atoms with Crippen LogP contribution in [0.2, 0.25) is 5.02 Å². The summed E-state index contributed by atoms with van der Waals surface area (Å²) in [5.74, 6) is 0.0215. The first kappa shape index (κ1) is 14.4. The zero-order valence-electron chi connectivity index (χ0n) is 11.3. The molecule has 1 aromatic heterocycles. The van der Waals surface area contributed by atoms with Crippen LogP contribution in [-0.4, -0.2) is 29.2 Å². The van der Waals surface area contributed by atoms with E-state index in [1.54, 1.807) is 0 Å². The van der Waals surface area contributed by atoms with Gasteiger partial charge in [0, 0.05) is 17.1 Å². The van der Waals surface area contributed by atoms with Gasteiger partial charge >= 0.3 is 0 Å². The third kappa shape index (κ3) is 3.58. The summed E-state index contributed by atoms with van der Waals surface area (Å²) in [6.07, 6.45) is 1.95. The summed E-state index contributed by atoms with van der Waals surface area (Å²) in [5, 5.41) is 16.1. The highest BCUT2D eigenvalue weighted by Crippen LogP contribution is 2.28. The van der Waals surface area contributed by atoms with Crippen LogP contribution < -0.4 is 10.6 Å². The van der Waals surface area contributed by atoms with Crippen molar-refractivity contribution in [3.8, 4) is 10.6 Å². The van der Waals surface area contributed by atoms with Gasteiger partial charge in [-0.25, -0.2) is 0 Å². The lowest BCUT2D eigenvalue weighted by molar-refractivity contribution is -0.120. The topological polar surface area (TPSA) is 66.9 Å². The van der Waals surface area contributed by atoms with Crippen molar-refractivity contribution in [2.24, 2.45) is 5.92 Å². The van der Waals surface area contributed by atoms with Gasteiger partial charge in [-0.2, -0.15) is 0 Å². The number of benzene rings is 1. The number of nitrogens with zero attached hydrogens (tertiary/aromatic N) is 2. The first-order valence-corrected chi connectivity index (χ1v) is 8.03. The number of carbonyl (C=O) groups excluding carboxylic acids is 1. The molecule has 1 fully saturated rings. The molecule has 0 radical (unpaired) electrons. The standard InChI is InChI=1S/C14H15ClN4OS/c15-11-5-1-3-9(7-11)13-18-19-14(21-13)17-12(20)10-4-2-6-16-8-10/h1,3,5,7,10,16H,2,4,6,8H2,(H,17,19,20). The summed E-state index contributed by atoms with van der Waals surface area (Å²) < 4.78 is 0. The number of aromatic nitrogens is 2. The van der Waals surface area contributed by atoms with Crippen molar-refractivity contribution in [2.75, 3.05) is 18.4 Å². The summed E-state index contributed by atoms with van der Waals surface area (Å²) in [6, 6.07) is 7.43. The number of carbonyl (C=O) groups is 1. The smallest absolute Gasteiger partial charge is 0.230 e. The second-order valence-electron chi connectivity index (χ2n) is 4.96. The van der Waals surface area contributed by atoms with Gasteiger partial charge < -0.3 is 10.6 Å². The fourth-order valence-corrected chi connectivity index (χ4v) is 3.23. The Morgan fingerprint density at radius 2 is 2.33 bits per heavy atom. The Hall–Kier alpha value is -1.50. The molecule has 0 saturated carbocycles. The predicted octanol–water partition coefficient (Wildman–Crippen LogP) is 2.80. The normalized spacial score (nSPS) is 18.4. The zero-order valence-corrected chi connectivity index (χ0v) is 12.9. The molecule has 110 valence electrons. The Kier molecular flexibility index (Phi) is 4.48. The Labute approximate surface area is 131 Å². The van der Waals surface area contributed by atoms with Crippen LogP contribution in [0.15, 0.2) is 24.3 Å². The zero-order chi connectivity index (χ0) is 14.7. The van der Waals surface area contributed by atoms with Crippen molar-refractivity contribution in [1.29, 1.82) is 0 Å². The number of halogens is 1. The van der Waals surface area contributed by atoms with Crippen LogP contribution in [0.5, 0.6) is 0 Å². The molecule has 7 heteroatoms. The molecular weight excluding hydrogens is 308 g/mol. The number of hydrogen-bond donors (Lipinski definition) is 2. The minimum Gasteiger partial charge on any atom is -0.316 e. The van der Waals surface area contributed by atoms with E-state index in [0.29, 0.717) is 10.2 Å². The summed E-state index contributed by atoms with van der Waals surface area (Å²) in [4.78, 5) is 12.1. The van der Waals surface area contributed by atoms with Gasteiger partial charge in [0.1, 0.15) is 5.01 Å². The van der Waals surface area contributed by atoms with Crippen molar-refractivity contribution in [3.05, 3.63) is 29.3 Å². The number of rotatable bonds is 3. The third-order valence-electron chi connectivity index (χ3n) is 3.39. The van der Waals surface area contributed by atoms with E-state index in [-0.39, 0.29) is 11.8 Å². The lowest BCUT2D eigenvalue weighted by atomic mass is 9.99. The summed E-state index contributed by atoms with van der Waals surface area (Å²) in [7, 11) is 0. The maximum atomic E-state index is 12.1. The first-order chi connectivity index (χ1) is 10.2. The summed E-state index contributed by atoms with van der Waals surface area (Å²) in [6.45, 7) is 1.72. The molecule has 2 N–H and O–H groups in total. The average Bonchev–Trinajstić information content (AvgIpc) is 2.97. The van der Waals surface area contributed by atoms with Gasteiger partial charge in [0.25, 0.3) is 0 Å². The van der Waals surface area contributed by atoms with Crippen LogP contribution in [-0.2, 0) is 4.79 Å². The van der Waals surface area contributed by atoms with Crippen molar-refractivity contribution < 1.29 is 4.79 Å². The van der Waals surface area contributed by atoms with E-state index in [2.05, 4.69) is 20.8 Å². The fraction of sp³-hybridized carbons (Fsp3) is 0.357. The molecule has 5 nitrogen and oxygen atoms in total. The molecule has 2 aromatic rings. The molecule has 1 atom stereocenters. The highest BCUT2D eigenvalue weighted by Gasteiger charge is 2.22. The van der Waals surface area contributed by atoms with Gasteiger partial charge in [0.2, 0.25) is 11.0 Å². The number of hydrogen-bond acceptors (Lipinski definition) is 5. The molecule has 1 aliphatic rings. The van der Waals surface area contributed by atoms with Crippen molar-refractivity contribution in [3.63, 3.8) is 0 Å². The molecule has 3 rings (SSSR count). The van der Waals surface area contributed by atoms with Gasteiger partial charge in [-0.05, 0) is 31.5 Å². The molecule has 0 bridgehead atoms. The lowest BCUT2D eigenvalue weighted by Gasteiger charge is -2.20. The molecule has 1 saturated heterocycles. The van der Waals surface area contributed by atoms with Crippen LogP contribution in [0, 0.1) is 5.92 Å². The Morgan fingerprint density at radius 3 is 3.10 bits per heavy atom. The fourth-order valence-electron chi connectivity index (χ4n) is 2.29. The number of piperidine rings is 1. The highest BCUT2D eigenvalue weighted by molar-refractivity contribution is 7.18. The van der Waals surface area contributed by atoms with Crippen molar-refractivity contribution in [1.82, 2.24) is 15.5 Å². The van der Waals surface area contributed by atoms with Gasteiger partial charge in [0.15, 0.2) is 0 Å². The number of nitrogens with one attached hydrogen (secondary N) is 2. The molecular formula is C14H15ClN4OS. The van der Waals surface area contributed by atoms with Gasteiger partial charge in [-0.3, -0.25) is 4.79 Å². The van der Waals surface area contributed by atoms with E-state index in [4.69, 9.17) is 11.6 Å². The SMILES string of the molecule is O=C(Nc1nnc(-c2cccc(Cl)c2)s1)C1CCCNC1. The van der Waals surface area contributed by atoms with E-state index in [1.165, 1.54) is 11.3 Å². The highest BCUT2D eigenvalue weighted by atomic mass is 35.5. The lowest BCUT2D eigenvalue weighted by Crippen LogP contribution is -2.37. The van der Waals surface area contributed by atoms with Crippen molar-refractivity contribution >= 4 is 34.0 Å². The second kappa shape index (κ2) is 6.51. The van der Waals surface area contributed by atoms with Crippen LogP contribution in [0.1, 0.15) is 12.8 Å². The molecule has 1 aromatic carbocycles. The van der Waals surface area contributed by atoms with E-state index < -0.39 is 0 Å². The number of anilines is 1. The Morgan fingerprint density at radius 1 is 1.43 bits per heavy atom. The van der Waals surface area contributed by atoms with Gasteiger partial charge in [-0.15, -0.1) is 10.2 Å². The Bertz CT molecular complexity index is 639. The Balaban J connectivity index is 1.69. The van der Waals surface area contributed by atoms with E-state index in [0.717, 1.165) is 36.5 Å². The van der Waals surface area contributed by atoms with Crippen LogP contribution >= 0.6 is 22.9 Å². The maximum absolute atomic E-state index is 12.1. The van der Waals surface area contributed by atoms with Crippen molar-refractivity contribution in [2.45, 2.75) is 12.8 Å². The second-order valence-corrected chi connectivity index (χ2v) is 6.37. The molecule has 1 amide bonds. The minimum absolute atomic E-state index is 0.0102. The van der Waals surface area contributed by atoms with Crippen LogP contribution in [0.25, 0.3) is 10.6 Å². The summed E-state index contributed by atoms with van der Waals surface area (Å²) in [5.41, 5.74) is 0.903. The molecule has 21 heavy (non-hydrogen) atoms. The quantitative estimate of drug-likeness (QED) is 0.912. The molecule has 2 heterocycles. The van der Waals surface area contributed by atoms with E-state index in [1.807, 2.05) is 24.3 Å². The largest absolute Gasteiger partial charge is 0.316 e. The molecule has 1 aliphatic heterocycles. The molecule has 0 spiro atoms. The summed E-state index contributed by atoms with van der Waals surface area (Å²) >= 11 is 7.32. The first-order valence-electron chi connectivity index (χ1n) is 6.83. The van der Waals surface area contributed by atoms with Gasteiger partial charge in [0.05, 0.1) is 5.92 Å². The third-order valence-corrected chi connectivity index (χ3v) is 4.52.